The largest absolute Gasteiger partial charge is 0.381 e. The number of hydrogen-bond acceptors (Lipinski definition) is 3. The smallest absolute Gasteiger partial charge is 0.0651 e. The third-order valence-corrected chi connectivity index (χ3v) is 2.86. The van der Waals surface area contributed by atoms with Crippen molar-refractivity contribution in [3.63, 3.8) is 0 Å². The number of aromatic amines is 2. The number of anilines is 1. The third kappa shape index (κ3) is 1.87. The highest BCUT2D eigenvalue weighted by molar-refractivity contribution is 5.81. The maximum Gasteiger partial charge on any atom is 0.0651 e. The predicted molar refractivity (Wildman–Crippen MR) is 66.7 cm³/mol. The number of H-pyrrole nitrogens is 2. The molecular formula is C12H13N5. The molecule has 3 rings (SSSR count). The molecule has 0 unspecified atom stereocenters. The van der Waals surface area contributed by atoms with E-state index in [0.29, 0.717) is 0 Å². The summed E-state index contributed by atoms with van der Waals surface area (Å²) in [5.74, 6) is 0. The zero-order valence-electron chi connectivity index (χ0n) is 9.49. The SMILES string of the molecule is Cc1[nH]ncc1CNc1ccc2[nH]ncc2c1. The first-order valence-electron chi connectivity index (χ1n) is 5.49. The molecule has 0 fully saturated rings. The molecule has 0 amide bonds. The van der Waals surface area contributed by atoms with Crippen LogP contribution in [0.3, 0.4) is 0 Å². The van der Waals surface area contributed by atoms with Gasteiger partial charge in [0.25, 0.3) is 0 Å². The van der Waals surface area contributed by atoms with Crippen molar-refractivity contribution >= 4 is 16.6 Å². The summed E-state index contributed by atoms with van der Waals surface area (Å²) in [6.45, 7) is 2.79. The molecule has 0 aliphatic carbocycles. The lowest BCUT2D eigenvalue weighted by atomic mass is 10.2. The number of aryl methyl sites for hydroxylation is 1. The van der Waals surface area contributed by atoms with Crippen LogP contribution in [0, 0.1) is 6.92 Å². The van der Waals surface area contributed by atoms with Crippen LogP contribution in [0.25, 0.3) is 10.9 Å². The minimum atomic E-state index is 0.770. The first-order valence-corrected chi connectivity index (χ1v) is 5.49. The minimum Gasteiger partial charge on any atom is -0.381 e. The van der Waals surface area contributed by atoms with E-state index in [-0.39, 0.29) is 0 Å². The van der Waals surface area contributed by atoms with Crippen LogP contribution in [-0.4, -0.2) is 20.4 Å². The van der Waals surface area contributed by atoms with E-state index >= 15 is 0 Å². The Kier molecular flexibility index (Phi) is 2.29. The molecule has 1 aromatic carbocycles. The molecule has 0 aliphatic heterocycles. The second-order valence-corrected chi connectivity index (χ2v) is 4.05. The molecule has 86 valence electrons. The van der Waals surface area contributed by atoms with Crippen LogP contribution in [0.15, 0.2) is 30.6 Å². The average Bonchev–Trinajstić information content (AvgIpc) is 2.94. The summed E-state index contributed by atoms with van der Waals surface area (Å²) in [5, 5.41) is 18.3. The summed E-state index contributed by atoms with van der Waals surface area (Å²) in [4.78, 5) is 0. The van der Waals surface area contributed by atoms with Gasteiger partial charge >= 0.3 is 0 Å². The highest BCUT2D eigenvalue weighted by Crippen LogP contribution is 2.17. The van der Waals surface area contributed by atoms with E-state index in [4.69, 9.17) is 0 Å². The van der Waals surface area contributed by atoms with Gasteiger partial charge in [0.15, 0.2) is 0 Å². The zero-order valence-corrected chi connectivity index (χ0v) is 9.49. The molecule has 0 spiro atoms. The van der Waals surface area contributed by atoms with Crippen molar-refractivity contribution in [2.75, 3.05) is 5.32 Å². The third-order valence-electron chi connectivity index (χ3n) is 2.86. The van der Waals surface area contributed by atoms with Crippen molar-refractivity contribution < 1.29 is 0 Å². The van der Waals surface area contributed by atoms with Crippen molar-refractivity contribution in [2.24, 2.45) is 0 Å². The van der Waals surface area contributed by atoms with Gasteiger partial charge in [-0.2, -0.15) is 10.2 Å². The summed E-state index contributed by atoms with van der Waals surface area (Å²) < 4.78 is 0. The molecule has 0 atom stereocenters. The van der Waals surface area contributed by atoms with Gasteiger partial charge in [-0.15, -0.1) is 0 Å². The van der Waals surface area contributed by atoms with Crippen molar-refractivity contribution in [3.05, 3.63) is 41.9 Å². The van der Waals surface area contributed by atoms with E-state index in [1.54, 1.807) is 0 Å². The number of hydrogen-bond donors (Lipinski definition) is 3. The monoisotopic (exact) mass is 227 g/mol. The van der Waals surface area contributed by atoms with Gasteiger partial charge in [0.1, 0.15) is 0 Å². The van der Waals surface area contributed by atoms with Gasteiger partial charge in [0.2, 0.25) is 0 Å². The highest BCUT2D eigenvalue weighted by atomic mass is 15.1. The molecule has 3 N–H and O–H groups in total. The lowest BCUT2D eigenvalue weighted by molar-refractivity contribution is 1.04. The van der Waals surface area contributed by atoms with Crippen molar-refractivity contribution in [2.45, 2.75) is 13.5 Å². The second-order valence-electron chi connectivity index (χ2n) is 4.05. The predicted octanol–water partition coefficient (Wildman–Crippen LogP) is 2.21. The van der Waals surface area contributed by atoms with Crippen molar-refractivity contribution in [1.82, 2.24) is 20.4 Å². The Balaban J connectivity index is 1.78. The maximum absolute atomic E-state index is 4.00. The summed E-state index contributed by atoms with van der Waals surface area (Å²) in [7, 11) is 0. The zero-order chi connectivity index (χ0) is 11.7. The quantitative estimate of drug-likeness (QED) is 0.642. The molecule has 0 saturated heterocycles. The lowest BCUT2D eigenvalue weighted by Crippen LogP contribution is -1.99. The Morgan fingerprint density at radius 1 is 1.18 bits per heavy atom. The van der Waals surface area contributed by atoms with E-state index in [1.807, 2.05) is 31.5 Å². The van der Waals surface area contributed by atoms with Gasteiger partial charge in [0, 0.05) is 28.9 Å². The number of rotatable bonds is 3. The van der Waals surface area contributed by atoms with Gasteiger partial charge in [-0.3, -0.25) is 10.2 Å². The van der Waals surface area contributed by atoms with Gasteiger partial charge in [-0.05, 0) is 25.1 Å². The fourth-order valence-corrected chi connectivity index (χ4v) is 1.80. The minimum absolute atomic E-state index is 0.770. The summed E-state index contributed by atoms with van der Waals surface area (Å²) in [6, 6.07) is 6.14. The molecule has 0 saturated carbocycles. The molecule has 0 aliphatic rings. The molecule has 5 heteroatoms. The Bertz CT molecular complexity index is 637. The van der Waals surface area contributed by atoms with E-state index in [2.05, 4.69) is 31.8 Å². The van der Waals surface area contributed by atoms with Crippen LogP contribution in [0.4, 0.5) is 5.69 Å². The highest BCUT2D eigenvalue weighted by Gasteiger charge is 2.01. The molecule has 5 nitrogen and oxygen atoms in total. The summed E-state index contributed by atoms with van der Waals surface area (Å²) in [6.07, 6.45) is 3.67. The van der Waals surface area contributed by atoms with Gasteiger partial charge in [-0.25, -0.2) is 0 Å². The van der Waals surface area contributed by atoms with Crippen LogP contribution < -0.4 is 5.32 Å². The van der Waals surface area contributed by atoms with Crippen LogP contribution in [-0.2, 0) is 6.54 Å². The Labute approximate surface area is 98.2 Å². The molecule has 17 heavy (non-hydrogen) atoms. The summed E-state index contributed by atoms with van der Waals surface area (Å²) >= 11 is 0. The van der Waals surface area contributed by atoms with E-state index in [1.165, 1.54) is 5.56 Å². The van der Waals surface area contributed by atoms with Crippen molar-refractivity contribution in [1.29, 1.82) is 0 Å². The molecule has 0 radical (unpaired) electrons. The van der Waals surface area contributed by atoms with E-state index in [9.17, 15) is 0 Å². The molecule has 3 aromatic rings. The molecule has 2 heterocycles. The number of nitrogens with one attached hydrogen (secondary N) is 3. The normalized spacial score (nSPS) is 10.9. The van der Waals surface area contributed by atoms with Crippen LogP contribution in [0.5, 0.6) is 0 Å². The van der Waals surface area contributed by atoms with Crippen molar-refractivity contribution in [3.8, 4) is 0 Å². The fraction of sp³-hybridized carbons (Fsp3) is 0.167. The van der Waals surface area contributed by atoms with Crippen LogP contribution in [0.2, 0.25) is 0 Å². The lowest BCUT2D eigenvalue weighted by Gasteiger charge is -2.05. The van der Waals surface area contributed by atoms with E-state index in [0.717, 1.165) is 28.8 Å². The Morgan fingerprint density at radius 3 is 2.88 bits per heavy atom. The average molecular weight is 227 g/mol. The second kappa shape index (κ2) is 3.93. The number of fused-ring (bicyclic) bond motifs is 1. The summed E-state index contributed by atoms with van der Waals surface area (Å²) in [5.41, 5.74) is 4.41. The molecule has 2 aromatic heterocycles. The molecular weight excluding hydrogens is 214 g/mol. The number of aromatic nitrogens is 4. The van der Waals surface area contributed by atoms with Gasteiger partial charge in [-0.1, -0.05) is 0 Å². The Hall–Kier alpha value is -2.30. The number of benzene rings is 1. The fourth-order valence-electron chi connectivity index (χ4n) is 1.80. The standard InChI is InChI=1S/C12H13N5/c1-8-10(7-14-16-8)5-13-11-2-3-12-9(4-11)6-15-17-12/h2-4,6-7,13H,5H2,1H3,(H,14,16)(H,15,17). The number of nitrogens with zero attached hydrogens (tertiary/aromatic N) is 2. The molecule has 0 bridgehead atoms. The first kappa shape index (κ1) is 9.89. The van der Waals surface area contributed by atoms with Gasteiger partial charge < -0.3 is 5.32 Å². The van der Waals surface area contributed by atoms with E-state index < -0.39 is 0 Å². The van der Waals surface area contributed by atoms with Crippen LogP contribution in [0.1, 0.15) is 11.3 Å². The van der Waals surface area contributed by atoms with Crippen LogP contribution >= 0.6 is 0 Å². The Morgan fingerprint density at radius 2 is 2.06 bits per heavy atom. The maximum atomic E-state index is 4.00. The first-order chi connectivity index (χ1) is 8.33. The van der Waals surface area contributed by atoms with Gasteiger partial charge in [0.05, 0.1) is 17.9 Å². The topological polar surface area (TPSA) is 69.4 Å².